The van der Waals surface area contributed by atoms with Crippen LogP contribution in [0.5, 0.6) is 5.75 Å². The largest absolute Gasteiger partial charge is 0.435 e. The maximum absolute atomic E-state index is 11.9. The van der Waals surface area contributed by atoms with Crippen molar-refractivity contribution in [2.24, 2.45) is 0 Å². The summed E-state index contributed by atoms with van der Waals surface area (Å²) < 4.78 is 6.96. The van der Waals surface area contributed by atoms with Gasteiger partial charge < -0.3 is 4.74 Å². The number of benzene rings is 1. The summed E-state index contributed by atoms with van der Waals surface area (Å²) in [5.74, 6) is 0.628. The van der Waals surface area contributed by atoms with E-state index in [2.05, 4.69) is 20.8 Å². The van der Waals surface area contributed by atoms with E-state index in [4.69, 9.17) is 4.74 Å². The second kappa shape index (κ2) is 6.38. The molecule has 0 radical (unpaired) electrons. The van der Waals surface area contributed by atoms with Gasteiger partial charge in [0.05, 0.1) is 0 Å². The monoisotopic (exact) mass is 285 g/mol. The Balaban J connectivity index is 2.95. The zero-order chi connectivity index (χ0) is 13.8. The molecule has 18 heavy (non-hydrogen) atoms. The molecule has 0 heterocycles. The fraction of sp³-hybridized carbons (Fsp3) is 0.462. The molecular formula is C13H19NO2S2. The SMILES string of the molecule is CSN(SC)C(=O)Oc1ccccc1C(C)(C)C. The summed E-state index contributed by atoms with van der Waals surface area (Å²) in [6.45, 7) is 6.29. The van der Waals surface area contributed by atoms with Gasteiger partial charge in [0.15, 0.2) is 0 Å². The fourth-order valence-electron chi connectivity index (χ4n) is 1.53. The number of nitrogens with zero attached hydrogens (tertiary/aromatic N) is 1. The van der Waals surface area contributed by atoms with Gasteiger partial charge in [0.1, 0.15) is 5.75 Å². The van der Waals surface area contributed by atoms with Crippen molar-refractivity contribution < 1.29 is 9.53 Å². The lowest BCUT2D eigenvalue weighted by Crippen LogP contribution is -2.23. The van der Waals surface area contributed by atoms with Crippen molar-refractivity contribution in [2.75, 3.05) is 12.5 Å². The highest BCUT2D eigenvalue weighted by atomic mass is 32.2. The topological polar surface area (TPSA) is 29.5 Å². The average molecular weight is 285 g/mol. The predicted octanol–water partition coefficient (Wildman–Crippen LogP) is 4.34. The Morgan fingerprint density at radius 3 is 2.22 bits per heavy atom. The van der Waals surface area contributed by atoms with Crippen molar-refractivity contribution in [3.05, 3.63) is 29.8 Å². The van der Waals surface area contributed by atoms with Crippen LogP contribution in [0.2, 0.25) is 0 Å². The van der Waals surface area contributed by atoms with Crippen molar-refractivity contribution in [3.8, 4) is 5.75 Å². The molecule has 3 nitrogen and oxygen atoms in total. The minimum atomic E-state index is -0.355. The third-order valence-electron chi connectivity index (χ3n) is 2.37. The van der Waals surface area contributed by atoms with Crippen LogP contribution in [-0.4, -0.2) is 22.3 Å². The molecule has 0 aliphatic rings. The van der Waals surface area contributed by atoms with Crippen LogP contribution in [0.4, 0.5) is 4.79 Å². The smallest absolute Gasteiger partial charge is 0.409 e. The van der Waals surface area contributed by atoms with Crippen molar-refractivity contribution in [1.82, 2.24) is 3.71 Å². The molecule has 1 aromatic carbocycles. The van der Waals surface area contributed by atoms with Crippen LogP contribution in [0, 0.1) is 0 Å². The third-order valence-corrected chi connectivity index (χ3v) is 4.23. The van der Waals surface area contributed by atoms with Gasteiger partial charge in [-0.3, -0.25) is 0 Å². The summed E-state index contributed by atoms with van der Waals surface area (Å²) in [7, 11) is 0. The standard InChI is InChI=1S/C13H19NO2S2/c1-13(2,3)10-8-6-7-9-11(10)16-12(15)14(17-4)18-5/h6-9H,1-5H3. The van der Waals surface area contributed by atoms with E-state index in [9.17, 15) is 4.79 Å². The van der Waals surface area contributed by atoms with E-state index in [-0.39, 0.29) is 11.5 Å². The minimum absolute atomic E-state index is 0.0551. The van der Waals surface area contributed by atoms with Gasteiger partial charge in [-0.1, -0.05) is 39.0 Å². The second-order valence-corrected chi connectivity index (χ2v) is 6.43. The van der Waals surface area contributed by atoms with Crippen LogP contribution in [-0.2, 0) is 5.41 Å². The van der Waals surface area contributed by atoms with Gasteiger partial charge in [0.25, 0.3) is 0 Å². The van der Waals surface area contributed by atoms with Crippen LogP contribution in [0.1, 0.15) is 26.3 Å². The molecule has 5 heteroatoms. The van der Waals surface area contributed by atoms with E-state index in [0.717, 1.165) is 5.56 Å². The van der Waals surface area contributed by atoms with Gasteiger partial charge in [-0.25, -0.2) is 4.79 Å². The number of rotatable bonds is 3. The van der Waals surface area contributed by atoms with E-state index < -0.39 is 0 Å². The molecular weight excluding hydrogens is 266 g/mol. The highest BCUT2D eigenvalue weighted by molar-refractivity contribution is 8.12. The number of hydrogen-bond donors (Lipinski definition) is 0. The molecule has 0 aromatic heterocycles. The Morgan fingerprint density at radius 1 is 1.17 bits per heavy atom. The predicted molar refractivity (Wildman–Crippen MR) is 80.0 cm³/mol. The number of ether oxygens (including phenoxy) is 1. The first-order chi connectivity index (χ1) is 8.40. The average Bonchev–Trinajstić information content (AvgIpc) is 2.30. The van der Waals surface area contributed by atoms with Crippen LogP contribution in [0.25, 0.3) is 0 Å². The maximum Gasteiger partial charge on any atom is 0.435 e. The van der Waals surface area contributed by atoms with Gasteiger partial charge in [-0.2, -0.15) is 3.71 Å². The van der Waals surface area contributed by atoms with Gasteiger partial charge >= 0.3 is 6.09 Å². The summed E-state index contributed by atoms with van der Waals surface area (Å²) in [5.41, 5.74) is 0.973. The Labute approximate surface area is 118 Å². The summed E-state index contributed by atoms with van der Waals surface area (Å²) in [6, 6.07) is 7.65. The molecule has 1 amide bonds. The second-order valence-electron chi connectivity index (χ2n) is 4.74. The molecule has 0 N–H and O–H groups in total. The molecule has 1 rings (SSSR count). The Morgan fingerprint density at radius 2 is 1.72 bits per heavy atom. The number of hydrogen-bond acceptors (Lipinski definition) is 4. The third kappa shape index (κ3) is 3.85. The lowest BCUT2D eigenvalue weighted by molar-refractivity contribution is 0.196. The number of carbonyl (C=O) groups is 1. The lowest BCUT2D eigenvalue weighted by Gasteiger charge is -2.23. The van der Waals surface area contributed by atoms with Gasteiger partial charge in [0.2, 0.25) is 0 Å². The van der Waals surface area contributed by atoms with Crippen molar-refractivity contribution in [3.63, 3.8) is 0 Å². The van der Waals surface area contributed by atoms with E-state index in [0.29, 0.717) is 5.75 Å². The fourth-order valence-corrected chi connectivity index (χ4v) is 2.50. The van der Waals surface area contributed by atoms with Gasteiger partial charge in [-0.15, -0.1) is 0 Å². The Hall–Kier alpha value is -0.810. The van der Waals surface area contributed by atoms with Gasteiger partial charge in [0, 0.05) is 18.1 Å². The molecule has 100 valence electrons. The van der Waals surface area contributed by atoms with E-state index in [1.165, 1.54) is 27.6 Å². The molecule has 0 saturated carbocycles. The summed E-state index contributed by atoms with van der Waals surface area (Å²) in [6.07, 6.45) is 3.33. The van der Waals surface area contributed by atoms with Crippen molar-refractivity contribution in [1.29, 1.82) is 0 Å². The quantitative estimate of drug-likeness (QED) is 0.773. The molecule has 0 spiro atoms. The summed E-state index contributed by atoms with van der Waals surface area (Å²) in [4.78, 5) is 11.9. The highest BCUT2D eigenvalue weighted by Crippen LogP contribution is 2.32. The normalized spacial score (nSPS) is 11.2. The summed E-state index contributed by atoms with van der Waals surface area (Å²) in [5, 5.41) is 0. The molecule has 0 aliphatic heterocycles. The first-order valence-corrected chi connectivity index (χ1v) is 7.96. The number of para-hydroxylation sites is 1. The van der Waals surface area contributed by atoms with Crippen molar-refractivity contribution >= 4 is 30.0 Å². The zero-order valence-electron chi connectivity index (χ0n) is 11.4. The van der Waals surface area contributed by atoms with Gasteiger partial charge in [-0.05, 0) is 35.4 Å². The van der Waals surface area contributed by atoms with Crippen LogP contribution in [0.15, 0.2) is 24.3 Å². The van der Waals surface area contributed by atoms with Crippen LogP contribution >= 0.6 is 23.9 Å². The molecule has 0 atom stereocenters. The summed E-state index contributed by atoms with van der Waals surface area (Å²) >= 11 is 2.66. The molecule has 0 fully saturated rings. The number of carbonyl (C=O) groups excluding carboxylic acids is 1. The minimum Gasteiger partial charge on any atom is -0.409 e. The first kappa shape index (κ1) is 15.2. The van der Waals surface area contributed by atoms with E-state index in [1.807, 2.05) is 36.8 Å². The highest BCUT2D eigenvalue weighted by Gasteiger charge is 2.22. The van der Waals surface area contributed by atoms with Crippen molar-refractivity contribution in [2.45, 2.75) is 26.2 Å². The van der Waals surface area contributed by atoms with Crippen LogP contribution in [0.3, 0.4) is 0 Å². The molecule has 0 unspecified atom stereocenters. The molecule has 0 saturated heterocycles. The van der Waals surface area contributed by atoms with E-state index in [1.54, 1.807) is 0 Å². The maximum atomic E-state index is 11.9. The molecule has 0 bridgehead atoms. The zero-order valence-corrected chi connectivity index (χ0v) is 13.0. The first-order valence-electron chi connectivity index (χ1n) is 5.59. The Bertz CT molecular complexity index is 412. The lowest BCUT2D eigenvalue weighted by atomic mass is 9.86. The molecule has 1 aromatic rings. The van der Waals surface area contributed by atoms with E-state index >= 15 is 0 Å². The number of amides is 1. The molecule has 0 aliphatic carbocycles. The van der Waals surface area contributed by atoms with Crippen LogP contribution < -0.4 is 4.74 Å². The Kier molecular flexibility index (Phi) is 5.41.